The molecule has 41 heavy (non-hydrogen) atoms. The Hall–Kier alpha value is -4.42. The highest BCUT2D eigenvalue weighted by Gasteiger charge is 2.29. The molecule has 6 heteroatoms. The molecule has 208 valence electrons. The lowest BCUT2D eigenvalue weighted by Gasteiger charge is -2.32. The summed E-state index contributed by atoms with van der Waals surface area (Å²) in [6.45, 7) is 3.99. The summed E-state index contributed by atoms with van der Waals surface area (Å²) in [5.41, 5.74) is 4.70. The lowest BCUT2D eigenvalue weighted by molar-refractivity contribution is -0.117. The lowest BCUT2D eigenvalue weighted by Crippen LogP contribution is -2.34. The second kappa shape index (κ2) is 12.4. The van der Waals surface area contributed by atoms with Crippen molar-refractivity contribution in [2.24, 2.45) is 0 Å². The molecule has 1 N–H and O–H groups in total. The number of carbonyl (C=O) groups is 2. The molecule has 0 unspecified atom stereocenters. The van der Waals surface area contributed by atoms with E-state index in [1.807, 2.05) is 66.7 Å². The zero-order valence-electron chi connectivity index (χ0n) is 23.2. The molecule has 0 saturated carbocycles. The molecule has 0 bridgehead atoms. The molecule has 6 rings (SSSR count). The highest BCUT2D eigenvalue weighted by Crippen LogP contribution is 2.38. The minimum absolute atomic E-state index is 0.105. The number of piperidine rings is 1. The van der Waals surface area contributed by atoms with Crippen molar-refractivity contribution in [3.05, 3.63) is 120 Å². The van der Waals surface area contributed by atoms with Gasteiger partial charge in [0.15, 0.2) is 0 Å². The predicted octanol–water partition coefficient (Wildman–Crippen LogP) is 6.81. The van der Waals surface area contributed by atoms with Gasteiger partial charge in [0.25, 0.3) is 5.91 Å². The molecule has 0 radical (unpaired) electrons. The minimum Gasteiger partial charge on any atom is -0.494 e. The van der Waals surface area contributed by atoms with Crippen LogP contribution in [-0.2, 0) is 11.2 Å². The normalized spacial score (nSPS) is 15.4. The number of para-hydroxylation sites is 3. The van der Waals surface area contributed by atoms with E-state index in [-0.39, 0.29) is 18.2 Å². The zero-order valence-corrected chi connectivity index (χ0v) is 23.2. The van der Waals surface area contributed by atoms with Gasteiger partial charge in [-0.3, -0.25) is 14.5 Å². The number of hydrogen-bond donors (Lipinski definition) is 1. The van der Waals surface area contributed by atoms with E-state index < -0.39 is 0 Å². The lowest BCUT2D eigenvalue weighted by atomic mass is 9.89. The number of amides is 2. The minimum atomic E-state index is -0.221. The van der Waals surface area contributed by atoms with Gasteiger partial charge in [0.05, 0.1) is 35.7 Å². The first-order valence-electron chi connectivity index (χ1n) is 14.5. The summed E-state index contributed by atoms with van der Waals surface area (Å²) in [4.78, 5) is 30.7. The van der Waals surface area contributed by atoms with E-state index in [1.54, 1.807) is 11.0 Å². The van der Waals surface area contributed by atoms with Crippen molar-refractivity contribution < 1.29 is 14.3 Å². The molecular formula is C35H35N3O3. The summed E-state index contributed by atoms with van der Waals surface area (Å²) >= 11 is 0. The van der Waals surface area contributed by atoms with Crippen molar-refractivity contribution in [2.75, 3.05) is 36.5 Å². The van der Waals surface area contributed by atoms with Crippen molar-refractivity contribution in [3.8, 4) is 5.75 Å². The fourth-order valence-electron chi connectivity index (χ4n) is 5.87. The second-order valence-corrected chi connectivity index (χ2v) is 10.8. The maximum absolute atomic E-state index is 13.7. The summed E-state index contributed by atoms with van der Waals surface area (Å²) in [5, 5.41) is 2.94. The van der Waals surface area contributed by atoms with Gasteiger partial charge in [-0.2, -0.15) is 0 Å². The van der Waals surface area contributed by atoms with Gasteiger partial charge in [0.2, 0.25) is 5.91 Å². The number of ether oxygens (including phenoxy) is 1. The first kappa shape index (κ1) is 26.8. The number of nitrogens with zero attached hydrogens (tertiary/aromatic N) is 2. The van der Waals surface area contributed by atoms with Gasteiger partial charge in [-0.05, 0) is 85.8 Å². The average molecular weight is 546 g/mol. The number of hydrogen-bond acceptors (Lipinski definition) is 4. The first-order chi connectivity index (χ1) is 20.2. The van der Waals surface area contributed by atoms with Crippen molar-refractivity contribution in [2.45, 2.75) is 31.6 Å². The monoisotopic (exact) mass is 545 g/mol. The third-order valence-corrected chi connectivity index (χ3v) is 8.06. The molecule has 1 saturated heterocycles. The Morgan fingerprint density at radius 3 is 2.27 bits per heavy atom. The molecule has 0 aromatic heterocycles. The molecule has 4 aromatic rings. The van der Waals surface area contributed by atoms with E-state index in [1.165, 1.54) is 18.4 Å². The van der Waals surface area contributed by atoms with Crippen molar-refractivity contribution in [1.82, 2.24) is 4.90 Å². The molecule has 1 fully saturated rings. The Labute approximate surface area is 241 Å². The summed E-state index contributed by atoms with van der Waals surface area (Å²) in [6, 6.07) is 33.2. The van der Waals surface area contributed by atoms with Crippen LogP contribution in [0, 0.1) is 0 Å². The van der Waals surface area contributed by atoms with E-state index in [0.717, 1.165) is 37.4 Å². The molecular weight excluding hydrogens is 510 g/mol. The molecule has 2 amide bonds. The Morgan fingerprint density at radius 2 is 1.49 bits per heavy atom. The predicted molar refractivity (Wildman–Crippen MR) is 163 cm³/mol. The number of likely N-dealkylation sites (tertiary alicyclic amines) is 1. The van der Waals surface area contributed by atoms with Gasteiger partial charge < -0.3 is 15.0 Å². The van der Waals surface area contributed by atoms with Crippen LogP contribution in [0.15, 0.2) is 103 Å². The van der Waals surface area contributed by atoms with Crippen LogP contribution in [0.1, 0.15) is 46.7 Å². The van der Waals surface area contributed by atoms with E-state index in [4.69, 9.17) is 4.74 Å². The van der Waals surface area contributed by atoms with Crippen molar-refractivity contribution in [3.63, 3.8) is 0 Å². The molecule has 2 heterocycles. The topological polar surface area (TPSA) is 61.9 Å². The maximum atomic E-state index is 13.7. The molecule has 0 atom stereocenters. The van der Waals surface area contributed by atoms with Crippen LogP contribution in [0.25, 0.3) is 0 Å². The van der Waals surface area contributed by atoms with Gasteiger partial charge in [0.1, 0.15) is 5.75 Å². The van der Waals surface area contributed by atoms with Gasteiger partial charge in [-0.1, -0.05) is 66.7 Å². The molecule has 2 aliphatic rings. The third kappa shape index (κ3) is 6.18. The van der Waals surface area contributed by atoms with E-state index in [9.17, 15) is 9.59 Å². The summed E-state index contributed by atoms with van der Waals surface area (Å²) in [5.74, 6) is 1.16. The summed E-state index contributed by atoms with van der Waals surface area (Å²) in [7, 11) is 0. The SMILES string of the molecule is O=C1Nc2ccccc2N(C(=O)Cc2ccc(OCCCN3CCC(c4ccccc4)CC3)cc2)c2ccccc21. The number of carbonyl (C=O) groups excluding carboxylic acids is 2. The van der Waals surface area contributed by atoms with Crippen molar-refractivity contribution in [1.29, 1.82) is 0 Å². The van der Waals surface area contributed by atoms with Crippen LogP contribution >= 0.6 is 0 Å². The number of anilines is 3. The van der Waals surface area contributed by atoms with Crippen LogP contribution in [0.3, 0.4) is 0 Å². The molecule has 4 aromatic carbocycles. The van der Waals surface area contributed by atoms with E-state index in [0.29, 0.717) is 35.2 Å². The average Bonchev–Trinajstić information content (AvgIpc) is 3.14. The van der Waals surface area contributed by atoms with Crippen LogP contribution in [-0.4, -0.2) is 43.0 Å². The Balaban J connectivity index is 1.02. The van der Waals surface area contributed by atoms with Gasteiger partial charge in [0, 0.05) is 6.54 Å². The Kier molecular flexibility index (Phi) is 8.10. The highest BCUT2D eigenvalue weighted by molar-refractivity contribution is 6.17. The van der Waals surface area contributed by atoms with Crippen LogP contribution < -0.4 is 15.0 Å². The molecule has 2 aliphatic heterocycles. The second-order valence-electron chi connectivity index (χ2n) is 10.8. The Morgan fingerprint density at radius 1 is 0.805 bits per heavy atom. The van der Waals surface area contributed by atoms with Gasteiger partial charge in [-0.15, -0.1) is 0 Å². The summed E-state index contributed by atoms with van der Waals surface area (Å²) < 4.78 is 6.02. The van der Waals surface area contributed by atoms with Crippen molar-refractivity contribution >= 4 is 28.9 Å². The van der Waals surface area contributed by atoms with E-state index >= 15 is 0 Å². The quantitative estimate of drug-likeness (QED) is 0.247. The number of benzene rings is 4. The van der Waals surface area contributed by atoms with Crippen LogP contribution in [0.2, 0.25) is 0 Å². The molecule has 0 spiro atoms. The maximum Gasteiger partial charge on any atom is 0.257 e. The Bertz CT molecular complexity index is 1490. The van der Waals surface area contributed by atoms with Crippen LogP contribution in [0.5, 0.6) is 5.75 Å². The first-order valence-corrected chi connectivity index (χ1v) is 14.5. The number of nitrogens with one attached hydrogen (secondary N) is 1. The highest BCUT2D eigenvalue weighted by atomic mass is 16.5. The third-order valence-electron chi connectivity index (χ3n) is 8.06. The smallest absolute Gasteiger partial charge is 0.257 e. The summed E-state index contributed by atoms with van der Waals surface area (Å²) in [6.07, 6.45) is 3.62. The van der Waals surface area contributed by atoms with E-state index in [2.05, 4.69) is 40.5 Å². The fourth-order valence-corrected chi connectivity index (χ4v) is 5.87. The zero-order chi connectivity index (χ0) is 28.0. The largest absolute Gasteiger partial charge is 0.494 e. The standard InChI is InChI=1S/C35H35N3O3/c39-34(38-32-13-6-4-11-30(32)35(40)36-31-12-5-7-14-33(31)38)25-26-15-17-29(18-16-26)41-24-8-21-37-22-19-28(20-23-37)27-9-2-1-3-10-27/h1-7,9-18,28H,8,19-25H2,(H,36,40). The number of fused-ring (bicyclic) bond motifs is 2. The van der Waals surface area contributed by atoms with Crippen LogP contribution in [0.4, 0.5) is 17.1 Å². The number of rotatable bonds is 8. The van der Waals surface area contributed by atoms with Gasteiger partial charge in [-0.25, -0.2) is 0 Å². The molecule has 0 aliphatic carbocycles. The molecule has 6 nitrogen and oxygen atoms in total. The fraction of sp³-hybridized carbons (Fsp3) is 0.257. The van der Waals surface area contributed by atoms with Gasteiger partial charge >= 0.3 is 0 Å².